The van der Waals surface area contributed by atoms with Gasteiger partial charge in [0.15, 0.2) is 0 Å². The average Bonchev–Trinajstić information content (AvgIpc) is 2.95. The number of imidazole rings is 1. The molecule has 0 radical (unpaired) electrons. The van der Waals surface area contributed by atoms with E-state index in [1.54, 1.807) is 47.0 Å². The van der Waals surface area contributed by atoms with Crippen molar-refractivity contribution in [1.82, 2.24) is 9.38 Å². The number of carbonyl (C=O) groups excluding carboxylic acids is 1. The number of halogens is 1. The minimum atomic E-state index is -0.380. The predicted octanol–water partition coefficient (Wildman–Crippen LogP) is 3.35. The quantitative estimate of drug-likeness (QED) is 0.693. The van der Waals surface area contributed by atoms with Crippen molar-refractivity contribution in [1.29, 1.82) is 0 Å². The van der Waals surface area contributed by atoms with Crippen molar-refractivity contribution >= 4 is 23.2 Å². The predicted molar refractivity (Wildman–Crippen MR) is 82.3 cm³/mol. The molecule has 112 valence electrons. The van der Waals surface area contributed by atoms with Crippen molar-refractivity contribution in [3.63, 3.8) is 0 Å². The van der Waals surface area contributed by atoms with Gasteiger partial charge in [-0.05, 0) is 36.4 Å². The molecule has 3 rings (SSSR count). The van der Waals surface area contributed by atoms with Crippen molar-refractivity contribution < 1.29 is 14.3 Å². The van der Waals surface area contributed by atoms with Gasteiger partial charge >= 0.3 is 5.97 Å². The van der Waals surface area contributed by atoms with Crippen LogP contribution in [0.1, 0.15) is 16.1 Å². The number of ether oxygens (including phenoxy) is 2. The number of hydrogen-bond donors (Lipinski definition) is 0. The third-order valence-corrected chi connectivity index (χ3v) is 3.37. The Morgan fingerprint density at radius 1 is 1.18 bits per heavy atom. The molecule has 0 saturated carbocycles. The number of fused-ring (bicyclic) bond motifs is 1. The van der Waals surface area contributed by atoms with Crippen molar-refractivity contribution in [2.75, 3.05) is 7.11 Å². The Hall–Kier alpha value is -2.53. The van der Waals surface area contributed by atoms with Crippen LogP contribution >= 0.6 is 11.6 Å². The topological polar surface area (TPSA) is 52.8 Å². The number of rotatable bonds is 4. The summed E-state index contributed by atoms with van der Waals surface area (Å²) >= 11 is 5.83. The second-order valence-electron chi connectivity index (χ2n) is 4.65. The summed E-state index contributed by atoms with van der Waals surface area (Å²) in [6.07, 6.45) is 3.50. The fourth-order valence-corrected chi connectivity index (χ4v) is 2.17. The van der Waals surface area contributed by atoms with Crippen LogP contribution in [0, 0.1) is 0 Å². The van der Waals surface area contributed by atoms with E-state index >= 15 is 0 Å². The molecular weight excluding hydrogens is 304 g/mol. The molecule has 0 unspecified atom stereocenters. The number of benzene rings is 1. The van der Waals surface area contributed by atoms with Crippen LogP contribution in [0.15, 0.2) is 48.8 Å². The molecule has 1 aromatic carbocycles. The van der Waals surface area contributed by atoms with Gasteiger partial charge in [-0.25, -0.2) is 9.78 Å². The van der Waals surface area contributed by atoms with Gasteiger partial charge in [0, 0.05) is 17.4 Å². The van der Waals surface area contributed by atoms with E-state index in [1.165, 1.54) is 7.11 Å². The van der Waals surface area contributed by atoms with Crippen molar-refractivity contribution in [2.24, 2.45) is 0 Å². The van der Waals surface area contributed by atoms with Crippen molar-refractivity contribution in [2.45, 2.75) is 6.61 Å². The molecule has 0 aliphatic rings. The molecule has 0 amide bonds. The lowest BCUT2D eigenvalue weighted by molar-refractivity contribution is 0.0600. The first kappa shape index (κ1) is 14.4. The van der Waals surface area contributed by atoms with Crippen LogP contribution < -0.4 is 4.74 Å². The summed E-state index contributed by atoms with van der Waals surface area (Å²) < 4.78 is 12.1. The van der Waals surface area contributed by atoms with Gasteiger partial charge in [-0.1, -0.05) is 11.6 Å². The third-order valence-electron chi connectivity index (χ3n) is 3.12. The molecule has 2 heterocycles. The van der Waals surface area contributed by atoms with Gasteiger partial charge in [0.2, 0.25) is 0 Å². The van der Waals surface area contributed by atoms with E-state index in [4.69, 9.17) is 21.1 Å². The molecule has 0 bridgehead atoms. The van der Waals surface area contributed by atoms with E-state index < -0.39 is 0 Å². The van der Waals surface area contributed by atoms with Crippen molar-refractivity contribution in [3.8, 4) is 5.75 Å². The second-order valence-corrected chi connectivity index (χ2v) is 5.09. The van der Waals surface area contributed by atoms with Crippen LogP contribution in [0.4, 0.5) is 0 Å². The molecule has 6 heteroatoms. The smallest absolute Gasteiger partial charge is 0.339 e. The van der Waals surface area contributed by atoms with Crippen LogP contribution in [-0.4, -0.2) is 22.5 Å². The summed E-state index contributed by atoms with van der Waals surface area (Å²) in [6.45, 7) is 0.330. The van der Waals surface area contributed by atoms with Crippen LogP contribution in [0.3, 0.4) is 0 Å². The van der Waals surface area contributed by atoms with E-state index in [9.17, 15) is 4.79 Å². The lowest BCUT2D eigenvalue weighted by atomic mass is 10.3. The fraction of sp³-hybridized carbons (Fsp3) is 0.125. The lowest BCUT2D eigenvalue weighted by Crippen LogP contribution is -2.02. The maximum atomic E-state index is 11.5. The van der Waals surface area contributed by atoms with E-state index in [-0.39, 0.29) is 5.97 Å². The molecule has 0 N–H and O–H groups in total. The molecule has 0 aliphatic carbocycles. The first-order chi connectivity index (χ1) is 10.7. The summed E-state index contributed by atoms with van der Waals surface area (Å²) in [4.78, 5) is 15.9. The highest BCUT2D eigenvalue weighted by Crippen LogP contribution is 2.17. The highest BCUT2D eigenvalue weighted by molar-refractivity contribution is 6.30. The van der Waals surface area contributed by atoms with Gasteiger partial charge in [0.1, 0.15) is 18.0 Å². The molecule has 0 aliphatic heterocycles. The van der Waals surface area contributed by atoms with Crippen LogP contribution in [0.2, 0.25) is 5.02 Å². The molecule has 3 aromatic rings. The molecule has 0 atom stereocenters. The summed E-state index contributed by atoms with van der Waals surface area (Å²) in [7, 11) is 1.35. The zero-order valence-corrected chi connectivity index (χ0v) is 12.6. The molecule has 2 aromatic heterocycles. The molecular formula is C16H13ClN2O3. The number of nitrogens with zero attached hydrogens (tertiary/aromatic N) is 2. The van der Waals surface area contributed by atoms with Crippen LogP contribution in [0.25, 0.3) is 5.65 Å². The highest BCUT2D eigenvalue weighted by Gasteiger charge is 2.08. The molecule has 0 spiro atoms. The third kappa shape index (κ3) is 3.04. The van der Waals surface area contributed by atoms with Gasteiger partial charge < -0.3 is 13.9 Å². The maximum absolute atomic E-state index is 11.5. The zero-order valence-electron chi connectivity index (χ0n) is 11.8. The number of hydrogen-bond acceptors (Lipinski definition) is 4. The minimum absolute atomic E-state index is 0.330. The Morgan fingerprint density at radius 2 is 1.95 bits per heavy atom. The molecule has 0 saturated heterocycles. The van der Waals surface area contributed by atoms with Crippen molar-refractivity contribution in [3.05, 3.63) is 65.1 Å². The minimum Gasteiger partial charge on any atom is -0.487 e. The number of methoxy groups -OCH3 is 1. The van der Waals surface area contributed by atoms with E-state index in [1.807, 2.05) is 6.20 Å². The van der Waals surface area contributed by atoms with Gasteiger partial charge in [-0.3, -0.25) is 0 Å². The fourth-order valence-electron chi connectivity index (χ4n) is 2.04. The lowest BCUT2D eigenvalue weighted by Gasteiger charge is -2.03. The maximum Gasteiger partial charge on any atom is 0.339 e. The molecule has 0 fully saturated rings. The normalized spacial score (nSPS) is 10.6. The van der Waals surface area contributed by atoms with E-state index in [0.717, 1.165) is 17.1 Å². The second kappa shape index (κ2) is 6.07. The average molecular weight is 317 g/mol. The van der Waals surface area contributed by atoms with E-state index in [0.29, 0.717) is 17.2 Å². The Balaban J connectivity index is 1.77. The van der Waals surface area contributed by atoms with E-state index in [2.05, 4.69) is 4.98 Å². The van der Waals surface area contributed by atoms with Gasteiger partial charge in [0.25, 0.3) is 0 Å². The Labute approximate surface area is 132 Å². The summed E-state index contributed by atoms with van der Waals surface area (Å²) in [5, 5.41) is 0.662. The number of esters is 1. The Bertz CT molecular complexity index is 812. The number of pyridine rings is 1. The van der Waals surface area contributed by atoms with Gasteiger partial charge in [-0.15, -0.1) is 0 Å². The summed E-state index contributed by atoms with van der Waals surface area (Å²) in [6, 6.07) is 10.6. The SMILES string of the molecule is COC(=O)c1ccc2nc(COc3ccc(Cl)cc3)cn2c1. The summed E-state index contributed by atoms with van der Waals surface area (Å²) in [5.41, 5.74) is 1.97. The standard InChI is InChI=1S/C16H13ClN2O3/c1-21-16(20)11-2-7-15-18-13(9-19(15)8-11)10-22-14-5-3-12(17)4-6-14/h2-9H,10H2,1H3. The highest BCUT2D eigenvalue weighted by atomic mass is 35.5. The number of aromatic nitrogens is 2. The Kier molecular flexibility index (Phi) is 3.98. The van der Waals surface area contributed by atoms with Crippen LogP contribution in [-0.2, 0) is 11.3 Å². The largest absolute Gasteiger partial charge is 0.487 e. The van der Waals surface area contributed by atoms with Crippen LogP contribution in [0.5, 0.6) is 5.75 Å². The first-order valence-electron chi connectivity index (χ1n) is 6.60. The summed E-state index contributed by atoms with van der Waals surface area (Å²) in [5.74, 6) is 0.339. The molecule has 22 heavy (non-hydrogen) atoms. The number of carbonyl (C=O) groups is 1. The monoisotopic (exact) mass is 316 g/mol. The first-order valence-corrected chi connectivity index (χ1v) is 6.98. The van der Waals surface area contributed by atoms with Gasteiger partial charge in [-0.2, -0.15) is 0 Å². The van der Waals surface area contributed by atoms with Gasteiger partial charge in [0.05, 0.1) is 18.4 Å². The molecule has 5 nitrogen and oxygen atoms in total. The Morgan fingerprint density at radius 3 is 2.68 bits per heavy atom. The zero-order chi connectivity index (χ0) is 15.5.